The van der Waals surface area contributed by atoms with Gasteiger partial charge in [-0.2, -0.15) is 0 Å². The average molecular weight is 481 g/mol. The molecule has 176 valence electrons. The number of sulfone groups is 1. The molecular weight excluding hydrogens is 456 g/mol. The summed E-state index contributed by atoms with van der Waals surface area (Å²) in [5.41, 5.74) is 1.73. The third kappa shape index (κ3) is 7.56. The number of benzene rings is 3. The third-order valence-corrected chi connectivity index (χ3v) is 6.46. The van der Waals surface area contributed by atoms with Gasteiger partial charge in [-0.1, -0.05) is 60.7 Å². The molecule has 0 atom stereocenters. The molecule has 0 spiro atoms. The predicted octanol–water partition coefficient (Wildman–Crippen LogP) is 2.25. The minimum Gasteiger partial charge on any atom is -0.460 e. The number of amides is 2. The van der Waals surface area contributed by atoms with Crippen LogP contribution in [0.5, 0.6) is 0 Å². The van der Waals surface area contributed by atoms with Crippen molar-refractivity contribution in [2.24, 2.45) is 0 Å². The maximum absolute atomic E-state index is 12.6. The second-order valence-electron chi connectivity index (χ2n) is 7.37. The van der Waals surface area contributed by atoms with Gasteiger partial charge in [0.15, 0.2) is 9.84 Å². The maximum atomic E-state index is 12.6. The van der Waals surface area contributed by atoms with Gasteiger partial charge in [0.2, 0.25) is 5.91 Å². The van der Waals surface area contributed by atoms with E-state index < -0.39 is 27.6 Å². The van der Waals surface area contributed by atoms with Crippen molar-refractivity contribution in [1.29, 1.82) is 0 Å². The van der Waals surface area contributed by atoms with E-state index in [1.807, 2.05) is 6.07 Å². The standard InChI is InChI=1S/C25H24N2O6S/c28-23(15-27-25(30)21-9-5-2-6-10-21)26-16-24(29)33-17-19-11-13-22(14-12-19)34(31,32)18-20-7-3-1-4-8-20/h1-14H,15-18H2,(H,26,28)(H,27,30). The van der Waals surface area contributed by atoms with Crippen molar-refractivity contribution < 1.29 is 27.5 Å². The SMILES string of the molecule is O=C(CNC(=O)c1ccccc1)NCC(=O)OCc1ccc(S(=O)(=O)Cc2ccccc2)cc1. The number of ether oxygens (including phenoxy) is 1. The van der Waals surface area contributed by atoms with Crippen molar-refractivity contribution in [3.63, 3.8) is 0 Å². The summed E-state index contributed by atoms with van der Waals surface area (Å²) in [5.74, 6) is -1.70. The van der Waals surface area contributed by atoms with E-state index in [0.29, 0.717) is 16.7 Å². The van der Waals surface area contributed by atoms with Gasteiger partial charge in [0.05, 0.1) is 17.2 Å². The molecule has 3 rings (SSSR count). The fourth-order valence-electron chi connectivity index (χ4n) is 2.97. The molecule has 9 heteroatoms. The fraction of sp³-hybridized carbons (Fsp3) is 0.160. The number of carbonyl (C=O) groups excluding carboxylic acids is 3. The van der Waals surface area contributed by atoms with Crippen LogP contribution in [0.25, 0.3) is 0 Å². The minimum absolute atomic E-state index is 0.0710. The Morgan fingerprint density at radius 1 is 0.706 bits per heavy atom. The summed E-state index contributed by atoms with van der Waals surface area (Å²) in [7, 11) is -3.49. The van der Waals surface area contributed by atoms with Crippen molar-refractivity contribution in [3.8, 4) is 0 Å². The van der Waals surface area contributed by atoms with Crippen LogP contribution in [0.4, 0.5) is 0 Å². The van der Waals surface area contributed by atoms with Gasteiger partial charge in [-0.05, 0) is 35.4 Å². The number of carbonyl (C=O) groups is 3. The van der Waals surface area contributed by atoms with Gasteiger partial charge in [0.25, 0.3) is 5.91 Å². The highest BCUT2D eigenvalue weighted by Gasteiger charge is 2.15. The van der Waals surface area contributed by atoms with Gasteiger partial charge >= 0.3 is 5.97 Å². The first-order valence-corrected chi connectivity index (χ1v) is 12.1. The molecule has 0 saturated carbocycles. The predicted molar refractivity (Wildman–Crippen MR) is 125 cm³/mol. The first-order valence-electron chi connectivity index (χ1n) is 10.4. The maximum Gasteiger partial charge on any atom is 0.325 e. The monoisotopic (exact) mass is 480 g/mol. The largest absolute Gasteiger partial charge is 0.460 e. The van der Waals surface area contributed by atoms with Crippen LogP contribution in [0.15, 0.2) is 89.8 Å². The zero-order valence-corrected chi connectivity index (χ0v) is 19.1. The summed E-state index contributed by atoms with van der Waals surface area (Å²) < 4.78 is 30.2. The second-order valence-corrected chi connectivity index (χ2v) is 9.36. The zero-order chi connectivity index (χ0) is 24.4. The molecule has 0 saturated heterocycles. The van der Waals surface area contributed by atoms with E-state index in [1.54, 1.807) is 66.7 Å². The molecule has 8 nitrogen and oxygen atoms in total. The second kappa shape index (κ2) is 11.8. The summed E-state index contributed by atoms with van der Waals surface area (Å²) in [6, 6.07) is 23.4. The van der Waals surface area contributed by atoms with E-state index in [1.165, 1.54) is 12.1 Å². The highest BCUT2D eigenvalue weighted by molar-refractivity contribution is 7.90. The first kappa shape index (κ1) is 24.7. The van der Waals surface area contributed by atoms with Crippen molar-refractivity contribution in [2.45, 2.75) is 17.3 Å². The van der Waals surface area contributed by atoms with E-state index in [9.17, 15) is 22.8 Å². The summed E-state index contributed by atoms with van der Waals surface area (Å²) in [5, 5.41) is 4.83. The van der Waals surface area contributed by atoms with Crippen LogP contribution in [0, 0.1) is 0 Å². The molecule has 0 heterocycles. The van der Waals surface area contributed by atoms with Gasteiger partial charge in [-0.25, -0.2) is 8.42 Å². The van der Waals surface area contributed by atoms with Crippen LogP contribution >= 0.6 is 0 Å². The lowest BCUT2D eigenvalue weighted by Gasteiger charge is -2.09. The minimum atomic E-state index is -3.49. The van der Waals surface area contributed by atoms with Crippen LogP contribution in [-0.4, -0.2) is 39.3 Å². The lowest BCUT2D eigenvalue weighted by molar-refractivity contribution is -0.145. The number of hydrogen-bond donors (Lipinski definition) is 2. The molecule has 0 radical (unpaired) electrons. The van der Waals surface area contributed by atoms with Crippen molar-refractivity contribution >= 4 is 27.6 Å². The molecule has 3 aromatic carbocycles. The molecule has 0 aliphatic rings. The smallest absolute Gasteiger partial charge is 0.325 e. The van der Waals surface area contributed by atoms with Crippen LogP contribution in [-0.2, 0) is 36.5 Å². The Morgan fingerprint density at radius 3 is 1.97 bits per heavy atom. The Balaban J connectivity index is 1.40. The topological polar surface area (TPSA) is 119 Å². The van der Waals surface area contributed by atoms with E-state index >= 15 is 0 Å². The van der Waals surface area contributed by atoms with Gasteiger partial charge < -0.3 is 15.4 Å². The summed E-state index contributed by atoms with van der Waals surface area (Å²) in [6.07, 6.45) is 0. The molecule has 0 unspecified atom stereocenters. The Morgan fingerprint density at radius 2 is 1.32 bits per heavy atom. The Kier molecular flexibility index (Phi) is 8.53. The van der Waals surface area contributed by atoms with Gasteiger partial charge in [0.1, 0.15) is 13.2 Å². The number of nitrogens with one attached hydrogen (secondary N) is 2. The van der Waals surface area contributed by atoms with Gasteiger partial charge in [-0.3, -0.25) is 14.4 Å². The van der Waals surface area contributed by atoms with E-state index in [-0.39, 0.29) is 30.3 Å². The van der Waals surface area contributed by atoms with Crippen LogP contribution in [0.3, 0.4) is 0 Å². The van der Waals surface area contributed by atoms with Gasteiger partial charge in [-0.15, -0.1) is 0 Å². The summed E-state index contributed by atoms with van der Waals surface area (Å²) in [4.78, 5) is 35.8. The molecule has 34 heavy (non-hydrogen) atoms. The highest BCUT2D eigenvalue weighted by atomic mass is 32.2. The lowest BCUT2D eigenvalue weighted by Crippen LogP contribution is -2.39. The number of hydrogen-bond acceptors (Lipinski definition) is 6. The fourth-order valence-corrected chi connectivity index (χ4v) is 4.32. The summed E-state index contributed by atoms with van der Waals surface area (Å²) >= 11 is 0. The van der Waals surface area contributed by atoms with E-state index in [0.717, 1.165) is 0 Å². The van der Waals surface area contributed by atoms with Crippen LogP contribution < -0.4 is 10.6 Å². The average Bonchev–Trinajstić information content (AvgIpc) is 2.86. The number of rotatable bonds is 10. The molecule has 0 aliphatic carbocycles. The molecule has 3 aromatic rings. The van der Waals surface area contributed by atoms with Crippen molar-refractivity contribution in [2.75, 3.05) is 13.1 Å². The van der Waals surface area contributed by atoms with Gasteiger partial charge in [0, 0.05) is 5.56 Å². The van der Waals surface area contributed by atoms with E-state index in [4.69, 9.17) is 4.74 Å². The molecule has 0 aliphatic heterocycles. The van der Waals surface area contributed by atoms with Crippen molar-refractivity contribution in [1.82, 2.24) is 10.6 Å². The van der Waals surface area contributed by atoms with Crippen molar-refractivity contribution in [3.05, 3.63) is 102 Å². The lowest BCUT2D eigenvalue weighted by atomic mass is 10.2. The number of esters is 1. The highest BCUT2D eigenvalue weighted by Crippen LogP contribution is 2.17. The molecule has 2 amide bonds. The van der Waals surface area contributed by atoms with Crippen LogP contribution in [0.2, 0.25) is 0 Å². The first-order chi connectivity index (χ1) is 16.3. The molecule has 0 bridgehead atoms. The quantitative estimate of drug-likeness (QED) is 0.430. The molecule has 0 aromatic heterocycles. The Labute approximate surface area is 197 Å². The zero-order valence-electron chi connectivity index (χ0n) is 18.3. The van der Waals surface area contributed by atoms with E-state index in [2.05, 4.69) is 10.6 Å². The third-order valence-electron chi connectivity index (χ3n) is 4.76. The summed E-state index contributed by atoms with van der Waals surface area (Å²) in [6.45, 7) is -0.706. The van der Waals surface area contributed by atoms with Crippen LogP contribution in [0.1, 0.15) is 21.5 Å². The Hall–Kier alpha value is -3.98. The Bertz CT molecular complexity index is 1230. The molecular formula is C25H24N2O6S. The normalized spacial score (nSPS) is 10.8. The molecule has 2 N–H and O–H groups in total. The molecule has 0 fully saturated rings.